The summed E-state index contributed by atoms with van der Waals surface area (Å²) in [4.78, 5) is 4.14. The summed E-state index contributed by atoms with van der Waals surface area (Å²) in [5.74, 6) is -0.338. The number of rotatable bonds is 1. The van der Waals surface area contributed by atoms with Crippen molar-refractivity contribution in [1.82, 2.24) is 4.98 Å². The summed E-state index contributed by atoms with van der Waals surface area (Å²) in [6, 6.07) is 5.05. The van der Waals surface area contributed by atoms with Gasteiger partial charge in [-0.3, -0.25) is 4.98 Å². The molecule has 0 unspecified atom stereocenters. The number of nitrogens with zero attached hydrogens (tertiary/aromatic N) is 1. The molecule has 0 aliphatic heterocycles. The first-order valence-corrected chi connectivity index (χ1v) is 5.56. The number of aliphatic hydroxyl groups excluding tert-OH is 1. The van der Waals surface area contributed by atoms with E-state index in [0.29, 0.717) is 16.6 Å². The molecule has 2 nitrogen and oxygen atoms in total. The summed E-state index contributed by atoms with van der Waals surface area (Å²) in [6.45, 7) is 1.69. The van der Waals surface area contributed by atoms with E-state index in [-0.39, 0.29) is 12.4 Å². The molecular formula is C11H9FINO. The Balaban J connectivity index is 2.89. The fourth-order valence-electron chi connectivity index (χ4n) is 1.59. The molecular weight excluding hydrogens is 308 g/mol. The van der Waals surface area contributed by atoms with Crippen molar-refractivity contribution in [2.75, 3.05) is 0 Å². The smallest absolute Gasteiger partial charge is 0.150 e. The van der Waals surface area contributed by atoms with E-state index in [0.717, 1.165) is 9.13 Å². The topological polar surface area (TPSA) is 33.1 Å². The molecule has 2 aromatic rings. The Morgan fingerprint density at radius 2 is 2.13 bits per heavy atom. The predicted molar refractivity (Wildman–Crippen MR) is 65.1 cm³/mol. The lowest BCUT2D eigenvalue weighted by atomic mass is 10.1. The van der Waals surface area contributed by atoms with Crippen molar-refractivity contribution >= 4 is 33.5 Å². The number of halogens is 2. The molecule has 0 saturated heterocycles. The number of benzene rings is 1. The van der Waals surface area contributed by atoms with Crippen molar-refractivity contribution < 1.29 is 9.50 Å². The summed E-state index contributed by atoms with van der Waals surface area (Å²) in [5, 5.41) is 9.88. The second-order valence-corrected chi connectivity index (χ2v) is 4.61. The lowest BCUT2D eigenvalue weighted by molar-refractivity contribution is 0.283. The molecule has 1 aromatic heterocycles. The van der Waals surface area contributed by atoms with Gasteiger partial charge in [-0.2, -0.15) is 0 Å². The molecule has 78 valence electrons. The number of hydrogen-bond donors (Lipinski definition) is 1. The minimum Gasteiger partial charge on any atom is -0.392 e. The van der Waals surface area contributed by atoms with Gasteiger partial charge >= 0.3 is 0 Å². The van der Waals surface area contributed by atoms with Gasteiger partial charge in [0.2, 0.25) is 0 Å². The fourth-order valence-corrected chi connectivity index (χ4v) is 2.18. The largest absolute Gasteiger partial charge is 0.392 e. The maximum atomic E-state index is 13.6. The predicted octanol–water partition coefficient (Wildman–Crippen LogP) is 2.78. The van der Waals surface area contributed by atoms with E-state index in [9.17, 15) is 9.50 Å². The van der Waals surface area contributed by atoms with Gasteiger partial charge in [-0.1, -0.05) is 0 Å². The van der Waals surface area contributed by atoms with E-state index in [4.69, 9.17) is 0 Å². The Morgan fingerprint density at radius 1 is 1.40 bits per heavy atom. The average Bonchev–Trinajstić information content (AvgIpc) is 2.18. The zero-order chi connectivity index (χ0) is 11.0. The van der Waals surface area contributed by atoms with E-state index in [2.05, 4.69) is 4.98 Å². The highest BCUT2D eigenvalue weighted by Gasteiger charge is 2.08. The zero-order valence-electron chi connectivity index (χ0n) is 8.09. The van der Waals surface area contributed by atoms with Crippen molar-refractivity contribution in [2.24, 2.45) is 0 Å². The van der Waals surface area contributed by atoms with Crippen LogP contribution in [0.3, 0.4) is 0 Å². The van der Waals surface area contributed by atoms with Crippen LogP contribution in [0.25, 0.3) is 10.9 Å². The maximum absolute atomic E-state index is 13.6. The van der Waals surface area contributed by atoms with Crippen molar-refractivity contribution in [3.8, 4) is 0 Å². The molecule has 4 heteroatoms. The zero-order valence-corrected chi connectivity index (χ0v) is 10.2. The summed E-state index contributed by atoms with van der Waals surface area (Å²) in [7, 11) is 0. The third kappa shape index (κ3) is 1.96. The summed E-state index contributed by atoms with van der Waals surface area (Å²) in [5.41, 5.74) is 1.76. The van der Waals surface area contributed by atoms with Crippen LogP contribution in [-0.4, -0.2) is 10.1 Å². The van der Waals surface area contributed by atoms with Crippen LogP contribution in [0.1, 0.15) is 11.3 Å². The molecule has 0 amide bonds. The number of aliphatic hydroxyl groups is 1. The lowest BCUT2D eigenvalue weighted by Gasteiger charge is -2.06. The van der Waals surface area contributed by atoms with Gasteiger partial charge in [0.05, 0.1) is 6.61 Å². The van der Waals surface area contributed by atoms with Gasteiger partial charge in [0.1, 0.15) is 11.3 Å². The number of aryl methyl sites for hydroxylation is 1. The summed E-state index contributed by atoms with van der Waals surface area (Å²) in [6.07, 6.45) is 0. The second-order valence-electron chi connectivity index (χ2n) is 3.36. The van der Waals surface area contributed by atoms with Crippen LogP contribution in [0, 0.1) is 16.3 Å². The van der Waals surface area contributed by atoms with Crippen molar-refractivity contribution in [3.63, 3.8) is 0 Å². The normalized spacial score (nSPS) is 10.9. The molecule has 1 N–H and O–H groups in total. The van der Waals surface area contributed by atoms with Crippen molar-refractivity contribution in [2.45, 2.75) is 13.5 Å². The highest BCUT2D eigenvalue weighted by Crippen LogP contribution is 2.23. The van der Waals surface area contributed by atoms with Crippen LogP contribution in [-0.2, 0) is 6.61 Å². The summed E-state index contributed by atoms with van der Waals surface area (Å²) >= 11 is 2.05. The molecule has 1 aromatic carbocycles. The van der Waals surface area contributed by atoms with Gasteiger partial charge in [0, 0.05) is 14.7 Å². The monoisotopic (exact) mass is 317 g/mol. The Labute approximate surface area is 100 Å². The Hall–Kier alpha value is -0.750. The average molecular weight is 317 g/mol. The Bertz CT molecular complexity index is 527. The first-order chi connectivity index (χ1) is 7.11. The van der Waals surface area contributed by atoms with Gasteiger partial charge < -0.3 is 5.11 Å². The van der Waals surface area contributed by atoms with Gasteiger partial charge in [-0.05, 0) is 53.3 Å². The number of fused-ring (bicyclic) bond motifs is 1. The molecule has 0 saturated carbocycles. The van der Waals surface area contributed by atoms with Crippen molar-refractivity contribution in [1.29, 1.82) is 0 Å². The van der Waals surface area contributed by atoms with Crippen LogP contribution >= 0.6 is 22.6 Å². The molecule has 0 aliphatic carbocycles. The molecule has 0 spiro atoms. The van der Waals surface area contributed by atoms with Crippen LogP contribution in [0.2, 0.25) is 0 Å². The quantitative estimate of drug-likeness (QED) is 0.821. The van der Waals surface area contributed by atoms with Crippen LogP contribution in [0.5, 0.6) is 0 Å². The van der Waals surface area contributed by atoms with Gasteiger partial charge in [-0.25, -0.2) is 4.39 Å². The first kappa shape index (κ1) is 10.8. The molecule has 0 aliphatic rings. The second kappa shape index (κ2) is 4.02. The minimum absolute atomic E-state index is 0.0978. The van der Waals surface area contributed by atoms with Crippen molar-refractivity contribution in [3.05, 3.63) is 38.8 Å². The lowest BCUT2D eigenvalue weighted by Crippen LogP contribution is -1.95. The molecule has 1 heterocycles. The van der Waals surface area contributed by atoms with Crippen LogP contribution in [0.4, 0.5) is 4.39 Å². The first-order valence-electron chi connectivity index (χ1n) is 4.48. The maximum Gasteiger partial charge on any atom is 0.150 e. The third-order valence-electron chi connectivity index (χ3n) is 2.22. The Morgan fingerprint density at radius 3 is 2.80 bits per heavy atom. The number of hydrogen-bond acceptors (Lipinski definition) is 2. The molecule has 15 heavy (non-hydrogen) atoms. The number of aromatic nitrogens is 1. The highest BCUT2D eigenvalue weighted by molar-refractivity contribution is 14.1. The minimum atomic E-state index is -0.338. The van der Waals surface area contributed by atoms with E-state index in [1.54, 1.807) is 13.0 Å². The SMILES string of the molecule is Cc1cc(CO)c2cc(I)cc(F)c2n1. The van der Waals surface area contributed by atoms with Crippen LogP contribution in [0.15, 0.2) is 18.2 Å². The third-order valence-corrected chi connectivity index (χ3v) is 2.84. The molecule has 0 radical (unpaired) electrons. The Kier molecular flexibility index (Phi) is 2.88. The molecule has 0 fully saturated rings. The standard InChI is InChI=1S/C11H9FINO/c1-6-2-7(5-15)9-3-8(13)4-10(12)11(9)14-6/h2-4,15H,5H2,1H3. The van der Waals surface area contributed by atoms with E-state index in [1.165, 1.54) is 6.07 Å². The van der Waals surface area contributed by atoms with E-state index < -0.39 is 0 Å². The van der Waals surface area contributed by atoms with E-state index >= 15 is 0 Å². The van der Waals surface area contributed by atoms with Gasteiger partial charge in [0.25, 0.3) is 0 Å². The van der Waals surface area contributed by atoms with E-state index in [1.807, 2.05) is 28.7 Å². The molecule has 2 rings (SSSR count). The van der Waals surface area contributed by atoms with Crippen LogP contribution < -0.4 is 0 Å². The molecule has 0 atom stereocenters. The van der Waals surface area contributed by atoms with Gasteiger partial charge in [-0.15, -0.1) is 0 Å². The fraction of sp³-hybridized carbons (Fsp3) is 0.182. The summed E-state index contributed by atoms with van der Waals surface area (Å²) < 4.78 is 14.4. The number of pyridine rings is 1. The van der Waals surface area contributed by atoms with Gasteiger partial charge in [0.15, 0.2) is 0 Å². The highest BCUT2D eigenvalue weighted by atomic mass is 127. The molecule has 0 bridgehead atoms.